The highest BCUT2D eigenvalue weighted by Crippen LogP contribution is 2.22. The molecule has 0 atom stereocenters. The predicted molar refractivity (Wildman–Crippen MR) is 85.1 cm³/mol. The molecule has 0 radical (unpaired) electrons. The molecule has 1 saturated heterocycles. The predicted octanol–water partition coefficient (Wildman–Crippen LogP) is 2.48. The highest BCUT2D eigenvalue weighted by Gasteiger charge is 2.22. The maximum absolute atomic E-state index is 11.5. The molecule has 1 aliphatic heterocycles. The minimum atomic E-state index is 0.111. The Labute approximate surface area is 131 Å². The van der Waals surface area contributed by atoms with Gasteiger partial charge in [-0.15, -0.1) is 0 Å². The van der Waals surface area contributed by atoms with Crippen molar-refractivity contribution < 1.29 is 18.5 Å². The Morgan fingerprint density at radius 2 is 2.05 bits per heavy atom. The number of halogens is 1. The first-order valence-electron chi connectivity index (χ1n) is 6.26. The quantitative estimate of drug-likeness (QED) is 0.295. The van der Waals surface area contributed by atoms with Crippen molar-refractivity contribution in [2.75, 3.05) is 33.4 Å². The lowest BCUT2D eigenvalue weighted by Gasteiger charge is -2.31. The van der Waals surface area contributed by atoms with Crippen molar-refractivity contribution in [3.63, 3.8) is 0 Å². The number of hydrogen-bond acceptors (Lipinski definition) is 5. The van der Waals surface area contributed by atoms with Gasteiger partial charge in [-0.25, -0.2) is 0 Å². The van der Waals surface area contributed by atoms with Crippen LogP contribution in [0.5, 0.6) is 0 Å². The van der Waals surface area contributed by atoms with Crippen molar-refractivity contribution in [3.05, 3.63) is 0 Å². The lowest BCUT2D eigenvalue weighted by molar-refractivity contribution is -0.136. The number of aldehydes is 1. The van der Waals surface area contributed by atoms with E-state index in [1.807, 2.05) is 4.90 Å². The number of likely N-dealkylation sites (tertiary alicyclic amines) is 1. The number of carbonyl (C=O) groups is 2. The molecule has 0 aromatic carbocycles. The normalized spacial score (nSPS) is 15.6. The third kappa shape index (κ3) is 9.64. The second-order valence-corrected chi connectivity index (χ2v) is 5.61. The molecule has 0 unspecified atom stereocenters. The summed E-state index contributed by atoms with van der Waals surface area (Å²) in [5, 5.41) is 0. The lowest BCUT2D eigenvalue weighted by atomic mass is 9.94. The van der Waals surface area contributed by atoms with Crippen molar-refractivity contribution in [2.45, 2.75) is 26.2 Å². The minimum Gasteiger partial charge on any atom is -0.375 e. The van der Waals surface area contributed by atoms with Crippen LogP contribution < -0.4 is 0 Å². The fourth-order valence-corrected chi connectivity index (χ4v) is 2.63. The summed E-state index contributed by atoms with van der Waals surface area (Å²) in [7, 11) is 2.95. The second kappa shape index (κ2) is 13.1. The van der Waals surface area contributed by atoms with Gasteiger partial charge in [0.15, 0.2) is 0 Å². The largest absolute Gasteiger partial charge is 0.375 e. The van der Waals surface area contributed by atoms with E-state index in [1.54, 1.807) is 7.11 Å². The monoisotopic (exact) mass is 403 g/mol. The summed E-state index contributed by atoms with van der Waals surface area (Å²) in [4.78, 5) is 22.2. The molecule has 1 fully saturated rings. The van der Waals surface area contributed by atoms with Crippen molar-refractivity contribution in [1.82, 2.24) is 4.90 Å². The molecule has 0 saturated carbocycles. The van der Waals surface area contributed by atoms with E-state index < -0.39 is 0 Å². The van der Waals surface area contributed by atoms with Crippen molar-refractivity contribution in [3.8, 4) is 0 Å². The first kappa shape index (κ1) is 19.1. The third-order valence-electron chi connectivity index (χ3n) is 2.89. The zero-order chi connectivity index (χ0) is 14.5. The summed E-state index contributed by atoms with van der Waals surface area (Å²) in [6.07, 6.45) is 4.03. The molecule has 5 nitrogen and oxygen atoms in total. The van der Waals surface area contributed by atoms with Gasteiger partial charge in [0.1, 0.15) is 12.9 Å². The third-order valence-corrected chi connectivity index (χ3v) is 3.91. The molecule has 0 aromatic rings. The van der Waals surface area contributed by atoms with Gasteiger partial charge in [-0.05, 0) is 32.1 Å². The number of carbonyl (C=O) groups excluding carboxylic acids is 2. The van der Waals surface area contributed by atoms with Crippen LogP contribution >= 0.6 is 30.4 Å². The van der Waals surface area contributed by atoms with E-state index in [1.165, 1.54) is 16.1 Å². The topological polar surface area (TPSA) is 55.8 Å². The smallest absolute Gasteiger partial charge is 0.248 e. The number of methoxy groups -OCH3 is 1. The van der Waals surface area contributed by atoms with Gasteiger partial charge in [0.2, 0.25) is 5.91 Å². The van der Waals surface area contributed by atoms with E-state index in [4.69, 9.17) is 13.7 Å². The van der Waals surface area contributed by atoms with E-state index in [0.717, 1.165) is 45.2 Å². The van der Waals surface area contributed by atoms with Gasteiger partial charge >= 0.3 is 0 Å². The van der Waals surface area contributed by atoms with Gasteiger partial charge in [0.05, 0.1) is 15.8 Å². The SMILES string of the molecule is CC=O.COCC(=O)N1CCC(CCOSI)CC1. The Morgan fingerprint density at radius 3 is 2.53 bits per heavy atom. The van der Waals surface area contributed by atoms with Gasteiger partial charge in [-0.2, -0.15) is 0 Å². The van der Waals surface area contributed by atoms with Gasteiger partial charge in [-0.3, -0.25) is 4.79 Å². The minimum absolute atomic E-state index is 0.111. The molecule has 0 N–H and O–H groups in total. The fourth-order valence-electron chi connectivity index (χ4n) is 1.93. The summed E-state index contributed by atoms with van der Waals surface area (Å²) in [5.74, 6) is 0.815. The lowest BCUT2D eigenvalue weighted by Crippen LogP contribution is -2.40. The van der Waals surface area contributed by atoms with Crippen LogP contribution in [0.1, 0.15) is 26.2 Å². The number of ether oxygens (including phenoxy) is 1. The van der Waals surface area contributed by atoms with Crippen LogP contribution in [-0.2, 0) is 18.5 Å². The molecule has 0 bridgehead atoms. The Morgan fingerprint density at radius 1 is 1.47 bits per heavy atom. The fraction of sp³-hybridized carbons (Fsp3) is 0.833. The average molecular weight is 403 g/mol. The molecule has 0 spiro atoms. The number of nitrogens with zero attached hydrogens (tertiary/aromatic N) is 1. The molecule has 1 aliphatic rings. The van der Waals surface area contributed by atoms with Crippen molar-refractivity contribution >= 4 is 42.6 Å². The van der Waals surface area contributed by atoms with E-state index in [0.29, 0.717) is 5.92 Å². The second-order valence-electron chi connectivity index (χ2n) is 4.17. The van der Waals surface area contributed by atoms with Crippen LogP contribution in [0.4, 0.5) is 0 Å². The molecule has 7 heteroatoms. The van der Waals surface area contributed by atoms with Crippen LogP contribution in [0.15, 0.2) is 0 Å². The summed E-state index contributed by atoms with van der Waals surface area (Å²) in [5.41, 5.74) is 0. The van der Waals surface area contributed by atoms with Gasteiger partial charge in [0.25, 0.3) is 0 Å². The van der Waals surface area contributed by atoms with E-state index in [9.17, 15) is 4.79 Å². The van der Waals surface area contributed by atoms with Crippen LogP contribution in [0, 0.1) is 5.92 Å². The number of rotatable bonds is 6. The number of piperidine rings is 1. The van der Waals surface area contributed by atoms with Gasteiger partial charge in [0, 0.05) is 41.4 Å². The standard InChI is InChI=1S/C10H18INO3S.C2H4O/c1-14-8-10(13)12-5-2-9(3-6-12)4-7-15-16-11;1-2-3/h9H,2-8H2,1H3;2H,1H3. The number of amides is 1. The Kier molecular flexibility index (Phi) is 13.2. The van der Waals surface area contributed by atoms with E-state index >= 15 is 0 Å². The molecule has 0 aliphatic carbocycles. The molecular weight excluding hydrogens is 381 g/mol. The van der Waals surface area contributed by atoms with Crippen LogP contribution in [0.2, 0.25) is 0 Å². The van der Waals surface area contributed by atoms with Gasteiger partial charge < -0.3 is 18.6 Å². The average Bonchev–Trinajstić information content (AvgIpc) is 2.41. The zero-order valence-electron chi connectivity index (χ0n) is 11.5. The first-order chi connectivity index (χ1) is 9.19. The van der Waals surface area contributed by atoms with E-state index in [-0.39, 0.29) is 12.5 Å². The highest BCUT2D eigenvalue weighted by molar-refractivity contribution is 14.2. The molecule has 19 heavy (non-hydrogen) atoms. The summed E-state index contributed by atoms with van der Waals surface area (Å²) in [6, 6.07) is 0. The van der Waals surface area contributed by atoms with Gasteiger partial charge in [-0.1, -0.05) is 0 Å². The molecule has 0 aromatic heterocycles. The Hall–Kier alpha value is 0.140. The summed E-state index contributed by atoms with van der Waals surface area (Å²) < 4.78 is 10.1. The molecule has 1 rings (SSSR count). The maximum atomic E-state index is 11.5. The Balaban J connectivity index is 0.000000982. The number of hydrogen-bond donors (Lipinski definition) is 0. The zero-order valence-corrected chi connectivity index (χ0v) is 14.4. The highest BCUT2D eigenvalue weighted by atomic mass is 127. The van der Waals surface area contributed by atoms with Crippen LogP contribution in [-0.4, -0.2) is 50.5 Å². The first-order valence-corrected chi connectivity index (χ1v) is 9.54. The summed E-state index contributed by atoms with van der Waals surface area (Å²) >= 11 is 2.13. The maximum Gasteiger partial charge on any atom is 0.248 e. The summed E-state index contributed by atoms with van der Waals surface area (Å²) in [6.45, 7) is 4.19. The van der Waals surface area contributed by atoms with Crippen molar-refractivity contribution in [2.24, 2.45) is 5.92 Å². The Bertz CT molecular complexity index is 248. The molecule has 112 valence electrons. The van der Waals surface area contributed by atoms with Crippen LogP contribution in [0.25, 0.3) is 0 Å². The van der Waals surface area contributed by atoms with E-state index in [2.05, 4.69) is 21.2 Å². The molecule has 1 amide bonds. The van der Waals surface area contributed by atoms with Crippen LogP contribution in [0.3, 0.4) is 0 Å². The molecule has 1 heterocycles. The molecular formula is C12H22INO4S. The van der Waals surface area contributed by atoms with Crippen molar-refractivity contribution in [1.29, 1.82) is 0 Å².